The summed E-state index contributed by atoms with van der Waals surface area (Å²) in [6, 6.07) is 6.32. The molecule has 4 rings (SSSR count). The maximum absolute atomic E-state index is 15.5. The van der Waals surface area contributed by atoms with Crippen LogP contribution >= 0.6 is 22.7 Å². The molecule has 2 heterocycles. The molecular weight excluding hydrogens is 640 g/mol. The fourth-order valence-corrected chi connectivity index (χ4v) is 7.76. The molecule has 0 atom stereocenters. The van der Waals surface area contributed by atoms with Crippen LogP contribution in [0.4, 0.5) is 17.6 Å². The first-order chi connectivity index (χ1) is 21.3. The number of thiophene rings is 2. The van der Waals surface area contributed by atoms with Crippen LogP contribution in [0.25, 0.3) is 20.2 Å². The van der Waals surface area contributed by atoms with Gasteiger partial charge in [-0.1, -0.05) is 0 Å². The van der Waals surface area contributed by atoms with Gasteiger partial charge in [0, 0.05) is 45.1 Å². The zero-order valence-corrected chi connectivity index (χ0v) is 26.6. The number of halogens is 4. The second kappa shape index (κ2) is 13.7. The minimum Gasteiger partial charge on any atom is -0.493 e. The van der Waals surface area contributed by atoms with E-state index in [4.69, 9.17) is 29.2 Å². The fraction of sp³-hybridized carbons (Fsp3) is 0.419. The number of hydrogen-bond donors (Lipinski definition) is 2. The summed E-state index contributed by atoms with van der Waals surface area (Å²) in [5.41, 5.74) is 0.536. The van der Waals surface area contributed by atoms with E-state index >= 15 is 17.6 Å². The molecule has 0 bridgehead atoms. The highest BCUT2D eigenvalue weighted by molar-refractivity contribution is 7.19. The maximum atomic E-state index is 15.5. The van der Waals surface area contributed by atoms with E-state index in [1.165, 1.54) is 28.4 Å². The molecule has 0 aliphatic rings. The third-order valence-electron chi connectivity index (χ3n) is 7.42. The maximum Gasteiger partial charge on any atom is 0.303 e. The number of aryl methyl sites for hydroxylation is 2. The fourth-order valence-electron chi connectivity index (χ4n) is 5.23. The van der Waals surface area contributed by atoms with Crippen molar-refractivity contribution in [2.75, 3.05) is 28.4 Å². The van der Waals surface area contributed by atoms with Gasteiger partial charge in [-0.25, -0.2) is 17.6 Å². The molecule has 0 radical (unpaired) electrons. The number of rotatable bonds is 16. The third kappa shape index (κ3) is 7.22. The van der Waals surface area contributed by atoms with Crippen LogP contribution in [0.1, 0.15) is 53.0 Å². The summed E-state index contributed by atoms with van der Waals surface area (Å²) in [5, 5.41) is 19.1. The number of ether oxygens (including phenoxy) is 4. The Hall–Kier alpha value is -3.78. The van der Waals surface area contributed by atoms with Crippen molar-refractivity contribution in [2.24, 2.45) is 0 Å². The number of carbonyl (C=O) groups is 2. The second-order valence-electron chi connectivity index (χ2n) is 10.3. The van der Waals surface area contributed by atoms with Crippen molar-refractivity contribution >= 4 is 54.8 Å². The Balaban J connectivity index is 1.79. The molecule has 0 aliphatic heterocycles. The molecule has 45 heavy (non-hydrogen) atoms. The Kier molecular flexibility index (Phi) is 10.4. The molecule has 0 fully saturated rings. The van der Waals surface area contributed by atoms with E-state index < -0.39 is 49.5 Å². The molecule has 244 valence electrons. The van der Waals surface area contributed by atoms with E-state index in [0.29, 0.717) is 43.2 Å². The first kappa shape index (κ1) is 34.1. The highest BCUT2D eigenvalue weighted by atomic mass is 32.1. The SMILES string of the molecule is COc1cc2sc(C(F)(F)CCC(=O)O)c(CCCc3c(C(F)(F)CCC(=O)O)sc4cc(OC)c(OC)cc34)c2cc1OC. The van der Waals surface area contributed by atoms with Crippen LogP contribution in [-0.4, -0.2) is 50.6 Å². The van der Waals surface area contributed by atoms with E-state index in [1.54, 1.807) is 24.3 Å². The number of aliphatic carboxylic acids is 2. The molecular formula is C31H32F4O8S2. The summed E-state index contributed by atoms with van der Waals surface area (Å²) < 4.78 is 84.5. The van der Waals surface area contributed by atoms with E-state index in [-0.39, 0.29) is 40.1 Å². The van der Waals surface area contributed by atoms with Gasteiger partial charge >= 0.3 is 11.9 Å². The molecule has 0 saturated carbocycles. The summed E-state index contributed by atoms with van der Waals surface area (Å²) in [6.45, 7) is 0. The zero-order valence-electron chi connectivity index (χ0n) is 24.9. The van der Waals surface area contributed by atoms with Crippen LogP contribution in [-0.2, 0) is 34.3 Å². The molecule has 0 spiro atoms. The van der Waals surface area contributed by atoms with Crippen LogP contribution < -0.4 is 18.9 Å². The van der Waals surface area contributed by atoms with Gasteiger partial charge in [-0.2, -0.15) is 0 Å². The lowest BCUT2D eigenvalue weighted by Gasteiger charge is -2.18. The first-order valence-corrected chi connectivity index (χ1v) is 15.4. The number of benzene rings is 2. The lowest BCUT2D eigenvalue weighted by atomic mass is 9.95. The zero-order chi connectivity index (χ0) is 33.1. The molecule has 0 amide bonds. The van der Waals surface area contributed by atoms with Crippen molar-refractivity contribution in [3.05, 3.63) is 45.1 Å². The van der Waals surface area contributed by atoms with Crippen molar-refractivity contribution in [3.63, 3.8) is 0 Å². The minimum absolute atomic E-state index is 0.0538. The number of carboxylic acid groups (broad SMARTS) is 2. The van der Waals surface area contributed by atoms with Gasteiger partial charge in [0.2, 0.25) is 0 Å². The lowest BCUT2D eigenvalue weighted by Crippen LogP contribution is -2.16. The molecule has 0 saturated heterocycles. The third-order valence-corrected chi connectivity index (χ3v) is 10.0. The van der Waals surface area contributed by atoms with E-state index in [2.05, 4.69) is 0 Å². The molecule has 2 N–H and O–H groups in total. The van der Waals surface area contributed by atoms with Crippen LogP contribution in [0.5, 0.6) is 23.0 Å². The van der Waals surface area contributed by atoms with Gasteiger partial charge in [-0.15, -0.1) is 22.7 Å². The van der Waals surface area contributed by atoms with Gasteiger partial charge in [-0.05, 0) is 42.5 Å². The summed E-state index contributed by atoms with van der Waals surface area (Å²) in [7, 11) is 5.66. The number of methoxy groups -OCH3 is 4. The largest absolute Gasteiger partial charge is 0.493 e. The molecule has 8 nitrogen and oxygen atoms in total. The standard InChI is InChI=1S/C31H32F4O8S2/c1-40-20-12-18-16(28(30(32,33)10-8-26(36)37)44-24(18)14-22(20)42-3)6-5-7-17-19-13-21(41-2)23(43-4)15-25(19)45-29(17)31(34,35)11-9-27(38)39/h12-15H,5-11H2,1-4H3,(H,36,37)(H,38,39). The van der Waals surface area contributed by atoms with Gasteiger partial charge < -0.3 is 29.2 Å². The van der Waals surface area contributed by atoms with Crippen LogP contribution in [0.2, 0.25) is 0 Å². The Labute approximate surface area is 264 Å². The van der Waals surface area contributed by atoms with E-state index in [9.17, 15) is 9.59 Å². The van der Waals surface area contributed by atoms with Gasteiger partial charge in [-0.3, -0.25) is 9.59 Å². The van der Waals surface area contributed by atoms with Crippen LogP contribution in [0.3, 0.4) is 0 Å². The highest BCUT2D eigenvalue weighted by Gasteiger charge is 2.39. The number of carboxylic acids is 2. The van der Waals surface area contributed by atoms with Gasteiger partial charge in [0.15, 0.2) is 23.0 Å². The smallest absolute Gasteiger partial charge is 0.303 e. The predicted octanol–water partition coefficient (Wildman–Crippen LogP) is 8.24. The predicted molar refractivity (Wildman–Crippen MR) is 163 cm³/mol. The van der Waals surface area contributed by atoms with Gasteiger partial charge in [0.25, 0.3) is 11.8 Å². The number of hydrogen-bond acceptors (Lipinski definition) is 8. The van der Waals surface area contributed by atoms with Crippen LogP contribution in [0, 0.1) is 0 Å². The molecule has 2 aromatic carbocycles. The second-order valence-corrected chi connectivity index (χ2v) is 12.4. The van der Waals surface area contributed by atoms with Crippen molar-refractivity contribution in [3.8, 4) is 23.0 Å². The topological polar surface area (TPSA) is 112 Å². The highest BCUT2D eigenvalue weighted by Crippen LogP contribution is 2.49. The quantitative estimate of drug-likeness (QED) is 0.115. The monoisotopic (exact) mass is 672 g/mol. The first-order valence-electron chi connectivity index (χ1n) is 13.8. The van der Waals surface area contributed by atoms with E-state index in [1.807, 2.05) is 0 Å². The summed E-state index contributed by atoms with van der Waals surface area (Å²) in [6.07, 6.45) is -3.02. The molecule has 0 aliphatic carbocycles. The van der Waals surface area contributed by atoms with E-state index in [0.717, 1.165) is 22.7 Å². The lowest BCUT2D eigenvalue weighted by molar-refractivity contribution is -0.140. The molecule has 14 heteroatoms. The normalized spacial score (nSPS) is 12.1. The number of fused-ring (bicyclic) bond motifs is 2. The average Bonchev–Trinajstić information content (AvgIpc) is 3.56. The molecule has 0 unspecified atom stereocenters. The van der Waals surface area contributed by atoms with Crippen molar-refractivity contribution in [2.45, 2.75) is 56.8 Å². The summed E-state index contributed by atoms with van der Waals surface area (Å²) in [4.78, 5) is 21.6. The van der Waals surface area contributed by atoms with Crippen molar-refractivity contribution in [1.29, 1.82) is 0 Å². The van der Waals surface area contributed by atoms with Crippen molar-refractivity contribution in [1.82, 2.24) is 0 Å². The number of alkyl halides is 4. The average molecular weight is 673 g/mol. The Morgan fingerprint density at radius 1 is 0.644 bits per heavy atom. The Morgan fingerprint density at radius 3 is 1.29 bits per heavy atom. The molecule has 4 aromatic rings. The summed E-state index contributed by atoms with van der Waals surface area (Å²) in [5.74, 6) is -8.34. The summed E-state index contributed by atoms with van der Waals surface area (Å²) >= 11 is 1.65. The Morgan fingerprint density at radius 2 is 0.978 bits per heavy atom. The minimum atomic E-state index is -3.47. The van der Waals surface area contributed by atoms with Crippen molar-refractivity contribution < 1.29 is 56.3 Å². The van der Waals surface area contributed by atoms with Crippen LogP contribution in [0.15, 0.2) is 24.3 Å². The van der Waals surface area contributed by atoms with Gasteiger partial charge in [0.1, 0.15) is 0 Å². The molecule has 2 aromatic heterocycles. The van der Waals surface area contributed by atoms with Gasteiger partial charge in [0.05, 0.1) is 51.0 Å². The Bertz CT molecular complexity index is 1590.